The van der Waals surface area contributed by atoms with Crippen LogP contribution >= 0.6 is 0 Å². The molecule has 0 N–H and O–H groups in total. The van der Waals surface area contributed by atoms with E-state index in [1.165, 1.54) is 0 Å². The van der Waals surface area contributed by atoms with Crippen molar-refractivity contribution in [3.8, 4) is 0 Å². The summed E-state index contributed by atoms with van der Waals surface area (Å²) in [5.74, 6) is -0.416. The van der Waals surface area contributed by atoms with E-state index < -0.39 is 5.97 Å². The average Bonchev–Trinajstić information content (AvgIpc) is 2.99. The number of aromatic nitrogens is 3. The number of ether oxygens (including phenoxy) is 1. The topological polar surface area (TPSA) is 57.0 Å². The lowest BCUT2D eigenvalue weighted by molar-refractivity contribution is 0.0292. The van der Waals surface area contributed by atoms with Crippen molar-refractivity contribution < 1.29 is 9.53 Å². The van der Waals surface area contributed by atoms with Crippen LogP contribution in [-0.4, -0.2) is 26.8 Å². The Hall–Kier alpha value is -2.69. The maximum absolute atomic E-state index is 12.1. The van der Waals surface area contributed by atoms with E-state index in [1.807, 2.05) is 49.5 Å². The van der Waals surface area contributed by atoms with Crippen molar-refractivity contribution in [2.75, 3.05) is 0 Å². The molecule has 0 spiro atoms. The number of benzene rings is 1. The predicted octanol–water partition coefficient (Wildman–Crippen LogP) is 2.68. The molecule has 21 heavy (non-hydrogen) atoms. The molecule has 2 aromatic heterocycles. The summed E-state index contributed by atoms with van der Waals surface area (Å²) in [7, 11) is 0. The average molecular weight is 281 g/mol. The Morgan fingerprint density at radius 1 is 1.24 bits per heavy atom. The minimum absolute atomic E-state index is 0.273. The smallest absolute Gasteiger partial charge is 0.357 e. The zero-order valence-corrected chi connectivity index (χ0v) is 11.6. The maximum atomic E-state index is 12.1. The molecule has 0 bridgehead atoms. The second-order valence-corrected chi connectivity index (χ2v) is 4.83. The molecule has 106 valence electrons. The first kappa shape index (κ1) is 13.3. The molecule has 0 aliphatic heterocycles. The van der Waals surface area contributed by atoms with Gasteiger partial charge in [-0.1, -0.05) is 24.3 Å². The normalized spacial score (nSPS) is 12.2. The number of pyridine rings is 1. The van der Waals surface area contributed by atoms with Gasteiger partial charge < -0.3 is 4.74 Å². The molecular formula is C16H15N3O2. The van der Waals surface area contributed by atoms with Gasteiger partial charge in [-0.15, -0.1) is 0 Å². The minimum atomic E-state index is -0.416. The van der Waals surface area contributed by atoms with Gasteiger partial charge in [-0.2, -0.15) is 5.10 Å². The lowest BCUT2D eigenvalue weighted by Gasteiger charge is -2.13. The molecule has 0 radical (unpaired) electrons. The van der Waals surface area contributed by atoms with Gasteiger partial charge in [0, 0.05) is 17.8 Å². The van der Waals surface area contributed by atoms with Crippen molar-refractivity contribution in [2.24, 2.45) is 0 Å². The number of rotatable bonds is 4. The number of carbonyl (C=O) groups is 1. The number of esters is 1. The molecule has 0 fully saturated rings. The van der Waals surface area contributed by atoms with E-state index >= 15 is 0 Å². The van der Waals surface area contributed by atoms with E-state index in [0.29, 0.717) is 12.2 Å². The summed E-state index contributed by atoms with van der Waals surface area (Å²) in [5, 5.41) is 5.09. The number of para-hydroxylation sites is 1. The summed E-state index contributed by atoms with van der Waals surface area (Å²) < 4.78 is 7.12. The van der Waals surface area contributed by atoms with Crippen LogP contribution in [-0.2, 0) is 11.3 Å². The first-order valence-electron chi connectivity index (χ1n) is 6.76. The van der Waals surface area contributed by atoms with Gasteiger partial charge in [0.1, 0.15) is 11.8 Å². The highest BCUT2D eigenvalue weighted by Crippen LogP contribution is 2.13. The van der Waals surface area contributed by atoms with Crippen LogP contribution in [0.5, 0.6) is 0 Å². The van der Waals surface area contributed by atoms with Gasteiger partial charge >= 0.3 is 5.97 Å². The Morgan fingerprint density at radius 2 is 2.10 bits per heavy atom. The predicted molar refractivity (Wildman–Crippen MR) is 78.8 cm³/mol. The number of hydrogen-bond donors (Lipinski definition) is 0. The SMILES string of the molecule is CC(Cn1cccn1)OC(=O)c1ccc2ccccc2n1. The monoisotopic (exact) mass is 281 g/mol. The number of hydrogen-bond acceptors (Lipinski definition) is 4. The fourth-order valence-electron chi connectivity index (χ4n) is 2.13. The summed E-state index contributed by atoms with van der Waals surface area (Å²) in [5.41, 5.74) is 1.10. The summed E-state index contributed by atoms with van der Waals surface area (Å²) in [4.78, 5) is 16.4. The van der Waals surface area contributed by atoms with E-state index in [2.05, 4.69) is 10.1 Å². The molecule has 0 aliphatic rings. The first-order valence-corrected chi connectivity index (χ1v) is 6.76. The van der Waals surface area contributed by atoms with Gasteiger partial charge in [0.2, 0.25) is 0 Å². The van der Waals surface area contributed by atoms with Gasteiger partial charge in [-0.05, 0) is 25.1 Å². The van der Waals surface area contributed by atoms with Crippen molar-refractivity contribution in [1.29, 1.82) is 0 Å². The summed E-state index contributed by atoms with van der Waals surface area (Å²) in [6.07, 6.45) is 3.25. The molecule has 0 saturated carbocycles. The number of carbonyl (C=O) groups excluding carboxylic acids is 1. The van der Waals surface area contributed by atoms with Crippen LogP contribution < -0.4 is 0 Å². The van der Waals surface area contributed by atoms with E-state index in [1.54, 1.807) is 16.9 Å². The van der Waals surface area contributed by atoms with Crippen molar-refractivity contribution >= 4 is 16.9 Å². The van der Waals surface area contributed by atoms with Crippen LogP contribution in [0.1, 0.15) is 17.4 Å². The highest BCUT2D eigenvalue weighted by molar-refractivity contribution is 5.91. The summed E-state index contributed by atoms with van der Waals surface area (Å²) in [6.45, 7) is 2.35. The van der Waals surface area contributed by atoms with E-state index in [9.17, 15) is 4.79 Å². The Morgan fingerprint density at radius 3 is 2.90 bits per heavy atom. The third-order valence-corrected chi connectivity index (χ3v) is 3.12. The number of nitrogens with zero attached hydrogens (tertiary/aromatic N) is 3. The Balaban J connectivity index is 1.71. The van der Waals surface area contributed by atoms with Crippen LogP contribution in [0.25, 0.3) is 10.9 Å². The zero-order chi connectivity index (χ0) is 14.7. The fourth-order valence-corrected chi connectivity index (χ4v) is 2.13. The second kappa shape index (κ2) is 5.75. The largest absolute Gasteiger partial charge is 0.456 e. The van der Waals surface area contributed by atoms with Crippen LogP contribution in [0.4, 0.5) is 0 Å². The molecule has 0 amide bonds. The van der Waals surface area contributed by atoms with Gasteiger partial charge in [-0.25, -0.2) is 9.78 Å². The maximum Gasteiger partial charge on any atom is 0.357 e. The van der Waals surface area contributed by atoms with Crippen molar-refractivity contribution in [3.05, 3.63) is 60.6 Å². The molecular weight excluding hydrogens is 266 g/mol. The van der Waals surface area contributed by atoms with E-state index in [-0.39, 0.29) is 6.10 Å². The standard InChI is InChI=1S/C16H15N3O2/c1-12(11-19-10-4-9-17-19)21-16(20)15-8-7-13-5-2-3-6-14(13)18-15/h2-10,12H,11H2,1H3. The first-order chi connectivity index (χ1) is 10.2. The van der Waals surface area contributed by atoms with Gasteiger partial charge in [0.25, 0.3) is 0 Å². The molecule has 1 unspecified atom stereocenters. The van der Waals surface area contributed by atoms with Crippen molar-refractivity contribution in [3.63, 3.8) is 0 Å². The second-order valence-electron chi connectivity index (χ2n) is 4.83. The third kappa shape index (κ3) is 3.08. The summed E-state index contributed by atoms with van der Waals surface area (Å²) in [6, 6.07) is 13.1. The highest BCUT2D eigenvalue weighted by atomic mass is 16.5. The minimum Gasteiger partial charge on any atom is -0.456 e. The molecule has 5 heteroatoms. The van der Waals surface area contributed by atoms with Crippen LogP contribution in [0, 0.1) is 0 Å². The van der Waals surface area contributed by atoms with E-state index in [0.717, 1.165) is 10.9 Å². The molecule has 2 heterocycles. The lowest BCUT2D eigenvalue weighted by Crippen LogP contribution is -2.21. The lowest BCUT2D eigenvalue weighted by atomic mass is 10.2. The molecule has 0 aliphatic carbocycles. The number of fused-ring (bicyclic) bond motifs is 1. The quantitative estimate of drug-likeness (QED) is 0.690. The highest BCUT2D eigenvalue weighted by Gasteiger charge is 2.14. The molecule has 1 atom stereocenters. The zero-order valence-electron chi connectivity index (χ0n) is 11.6. The third-order valence-electron chi connectivity index (χ3n) is 3.12. The Labute approximate surface area is 122 Å². The Kier molecular flexibility index (Phi) is 3.64. The Bertz CT molecular complexity index is 753. The van der Waals surface area contributed by atoms with Crippen molar-refractivity contribution in [2.45, 2.75) is 19.6 Å². The van der Waals surface area contributed by atoms with Crippen LogP contribution in [0.2, 0.25) is 0 Å². The van der Waals surface area contributed by atoms with Crippen LogP contribution in [0.3, 0.4) is 0 Å². The van der Waals surface area contributed by atoms with Crippen molar-refractivity contribution in [1.82, 2.24) is 14.8 Å². The molecule has 0 saturated heterocycles. The van der Waals surface area contributed by atoms with Gasteiger partial charge in [0.15, 0.2) is 0 Å². The summed E-state index contributed by atoms with van der Waals surface area (Å²) >= 11 is 0. The molecule has 3 rings (SSSR count). The van der Waals surface area contributed by atoms with Crippen LogP contribution in [0.15, 0.2) is 54.9 Å². The molecule has 1 aromatic carbocycles. The molecule has 3 aromatic rings. The molecule has 5 nitrogen and oxygen atoms in total. The van der Waals surface area contributed by atoms with Gasteiger partial charge in [-0.3, -0.25) is 4.68 Å². The van der Waals surface area contributed by atoms with Gasteiger partial charge in [0.05, 0.1) is 12.1 Å². The fraction of sp³-hybridized carbons (Fsp3) is 0.188. The van der Waals surface area contributed by atoms with E-state index in [4.69, 9.17) is 4.74 Å².